The van der Waals surface area contributed by atoms with E-state index < -0.39 is 18.0 Å². The molecule has 0 radical (unpaired) electrons. The van der Waals surface area contributed by atoms with E-state index in [1.165, 1.54) is 0 Å². The first kappa shape index (κ1) is 26.1. The lowest BCUT2D eigenvalue weighted by Crippen LogP contribution is -2.47. The Balaban J connectivity index is 1.34. The van der Waals surface area contributed by atoms with Gasteiger partial charge in [-0.05, 0) is 42.3 Å². The largest absolute Gasteiger partial charge is 0.450 e. The number of benzene rings is 3. The number of alkyl carbamates (subject to hydrolysis) is 1. The van der Waals surface area contributed by atoms with Crippen LogP contribution in [0.4, 0.5) is 4.79 Å². The number of hydrazone groups is 1. The van der Waals surface area contributed by atoms with Crippen LogP contribution in [0, 0.1) is 0 Å². The normalized spacial score (nSPS) is 12.2. The van der Waals surface area contributed by atoms with Gasteiger partial charge in [-0.1, -0.05) is 60.1 Å². The smallest absolute Gasteiger partial charge is 0.407 e. The molecule has 1 atom stereocenters. The van der Waals surface area contributed by atoms with Gasteiger partial charge in [-0.25, -0.2) is 10.2 Å². The van der Waals surface area contributed by atoms with Gasteiger partial charge in [0.25, 0.3) is 5.91 Å². The van der Waals surface area contributed by atoms with Gasteiger partial charge >= 0.3 is 6.09 Å². The van der Waals surface area contributed by atoms with Crippen molar-refractivity contribution < 1.29 is 14.3 Å². The predicted octanol–water partition coefficient (Wildman–Crippen LogP) is 5.63. The molecule has 0 spiro atoms. The average Bonchev–Trinajstić information content (AvgIpc) is 3.51. The molecule has 198 valence electrons. The summed E-state index contributed by atoms with van der Waals surface area (Å²) in [7, 11) is 0. The summed E-state index contributed by atoms with van der Waals surface area (Å²) in [6.45, 7) is 2.57. The lowest BCUT2D eigenvalue weighted by atomic mass is 10.0. The van der Waals surface area contributed by atoms with E-state index in [9.17, 15) is 9.59 Å². The fourth-order valence-corrected chi connectivity index (χ4v) is 4.71. The second-order valence-corrected chi connectivity index (χ2v) is 9.51. The fourth-order valence-electron chi connectivity index (χ4n) is 4.58. The molecule has 2 aromatic heterocycles. The Morgan fingerprint density at radius 1 is 1.05 bits per heavy atom. The number of para-hydroxylation sites is 2. The molecule has 3 N–H and O–H groups in total. The number of carbonyl (C=O) groups is 2. The zero-order chi connectivity index (χ0) is 27.2. The van der Waals surface area contributed by atoms with Crippen LogP contribution in [0.25, 0.3) is 21.8 Å². The highest BCUT2D eigenvalue weighted by molar-refractivity contribution is 6.30. The molecule has 3 aromatic carbocycles. The van der Waals surface area contributed by atoms with E-state index in [4.69, 9.17) is 16.3 Å². The first-order valence-corrected chi connectivity index (χ1v) is 13.0. The zero-order valence-electron chi connectivity index (χ0n) is 21.4. The van der Waals surface area contributed by atoms with Crippen LogP contribution >= 0.6 is 11.6 Å². The summed E-state index contributed by atoms with van der Waals surface area (Å²) in [5.41, 5.74) is 7.46. The number of amides is 2. The maximum atomic E-state index is 13.2. The highest BCUT2D eigenvalue weighted by atomic mass is 35.5. The topological polar surface area (TPSA) is 101 Å². The van der Waals surface area contributed by atoms with Crippen LogP contribution in [0.3, 0.4) is 0 Å². The number of nitrogens with one attached hydrogen (secondary N) is 3. The van der Waals surface area contributed by atoms with Crippen molar-refractivity contribution in [2.24, 2.45) is 5.10 Å². The molecule has 39 heavy (non-hydrogen) atoms. The van der Waals surface area contributed by atoms with Gasteiger partial charge in [0.15, 0.2) is 0 Å². The van der Waals surface area contributed by atoms with Gasteiger partial charge in [-0.2, -0.15) is 5.10 Å². The highest BCUT2D eigenvalue weighted by Gasteiger charge is 2.23. The fraction of sp³-hybridized carbons (Fsp3) is 0.167. The molecule has 0 aliphatic carbocycles. The third-order valence-electron chi connectivity index (χ3n) is 6.45. The Morgan fingerprint density at radius 2 is 1.79 bits per heavy atom. The van der Waals surface area contributed by atoms with Gasteiger partial charge in [-0.15, -0.1) is 0 Å². The number of carbonyl (C=O) groups excluding carboxylic acids is 2. The van der Waals surface area contributed by atoms with Gasteiger partial charge in [0.05, 0.1) is 12.8 Å². The van der Waals surface area contributed by atoms with E-state index in [2.05, 4.69) is 25.4 Å². The van der Waals surface area contributed by atoms with Gasteiger partial charge in [0, 0.05) is 57.8 Å². The van der Waals surface area contributed by atoms with E-state index in [0.717, 1.165) is 38.5 Å². The van der Waals surface area contributed by atoms with Crippen LogP contribution in [0.2, 0.25) is 5.02 Å². The summed E-state index contributed by atoms with van der Waals surface area (Å²) in [5.74, 6) is -0.450. The first-order chi connectivity index (χ1) is 19.0. The molecule has 0 bridgehead atoms. The maximum Gasteiger partial charge on any atom is 0.407 e. The third kappa shape index (κ3) is 6.13. The van der Waals surface area contributed by atoms with Crippen molar-refractivity contribution in [2.45, 2.75) is 25.9 Å². The molecular formula is C30H28ClN5O3. The van der Waals surface area contributed by atoms with Crippen LogP contribution in [0.15, 0.2) is 90.3 Å². The molecular weight excluding hydrogens is 514 g/mol. The summed E-state index contributed by atoms with van der Waals surface area (Å²) in [6.07, 6.45) is 5.06. The number of aromatic nitrogens is 2. The number of ether oxygens (including phenoxy) is 1. The molecule has 0 unspecified atom stereocenters. The van der Waals surface area contributed by atoms with Crippen LogP contribution < -0.4 is 10.7 Å². The first-order valence-electron chi connectivity index (χ1n) is 12.7. The van der Waals surface area contributed by atoms with E-state index >= 15 is 0 Å². The van der Waals surface area contributed by atoms with Crippen molar-refractivity contribution in [3.63, 3.8) is 0 Å². The van der Waals surface area contributed by atoms with Crippen molar-refractivity contribution in [2.75, 3.05) is 6.61 Å². The number of aromatic amines is 1. The molecule has 2 heterocycles. The molecule has 5 aromatic rings. The summed E-state index contributed by atoms with van der Waals surface area (Å²) in [5, 5.41) is 9.58. The number of fused-ring (bicyclic) bond motifs is 2. The number of H-pyrrole nitrogens is 1. The number of halogens is 1. The lowest BCUT2D eigenvalue weighted by molar-refractivity contribution is -0.123. The molecule has 0 aliphatic heterocycles. The Morgan fingerprint density at radius 3 is 2.59 bits per heavy atom. The Bertz CT molecular complexity index is 1640. The van der Waals surface area contributed by atoms with Crippen LogP contribution in [-0.4, -0.2) is 40.4 Å². The molecule has 0 aliphatic rings. The molecule has 0 saturated carbocycles. The standard InChI is InChI=1S/C30H28ClN5O3/c1-2-39-30(38)34-27(15-21-16-32-26-9-5-3-7-24(21)26)29(37)35-33-17-22-19-36(28-10-6-4-8-25(22)28)18-20-11-13-23(31)14-12-20/h3-14,16-17,19,27,32H,2,15,18H2,1H3,(H,34,38)(H,35,37)/b33-17-/t27-/m1/s1. The quantitative estimate of drug-likeness (QED) is 0.166. The summed E-state index contributed by atoms with van der Waals surface area (Å²) in [4.78, 5) is 28.5. The number of rotatable bonds is 9. The van der Waals surface area contributed by atoms with E-state index in [1.54, 1.807) is 13.1 Å². The van der Waals surface area contributed by atoms with Crippen molar-refractivity contribution in [1.29, 1.82) is 0 Å². The predicted molar refractivity (Wildman–Crippen MR) is 154 cm³/mol. The lowest BCUT2D eigenvalue weighted by Gasteiger charge is -2.16. The van der Waals surface area contributed by atoms with Crippen molar-refractivity contribution in [3.05, 3.63) is 107 Å². The molecule has 9 heteroatoms. The number of nitrogens with zero attached hydrogens (tertiary/aromatic N) is 2. The summed E-state index contributed by atoms with van der Waals surface area (Å²) >= 11 is 6.04. The molecule has 2 amide bonds. The Labute approximate surface area is 230 Å². The zero-order valence-corrected chi connectivity index (χ0v) is 22.1. The van der Waals surface area contributed by atoms with Gasteiger partial charge in [-0.3, -0.25) is 4.79 Å². The molecule has 0 saturated heterocycles. The minimum Gasteiger partial charge on any atom is -0.450 e. The molecule has 8 nitrogen and oxygen atoms in total. The molecule has 0 fully saturated rings. The van der Waals surface area contributed by atoms with Crippen molar-refractivity contribution >= 4 is 51.6 Å². The average molecular weight is 542 g/mol. The summed E-state index contributed by atoms with van der Waals surface area (Å²) in [6, 6.07) is 22.7. The minimum absolute atomic E-state index is 0.200. The summed E-state index contributed by atoms with van der Waals surface area (Å²) < 4.78 is 7.15. The SMILES string of the molecule is CCOC(=O)N[C@H](Cc1c[nH]c2ccccc12)C(=O)N/N=C\c1cn(Cc2ccc(Cl)cc2)c2ccccc12. The minimum atomic E-state index is -0.883. The van der Waals surface area contributed by atoms with Gasteiger partial charge in [0.2, 0.25) is 0 Å². The van der Waals surface area contributed by atoms with Crippen LogP contribution in [0.5, 0.6) is 0 Å². The van der Waals surface area contributed by atoms with E-state index in [0.29, 0.717) is 11.6 Å². The van der Waals surface area contributed by atoms with Crippen LogP contribution in [-0.2, 0) is 22.5 Å². The van der Waals surface area contributed by atoms with Crippen molar-refractivity contribution in [3.8, 4) is 0 Å². The Kier molecular flexibility index (Phi) is 7.94. The van der Waals surface area contributed by atoms with E-state index in [-0.39, 0.29) is 13.0 Å². The number of hydrogen-bond donors (Lipinski definition) is 3. The maximum absolute atomic E-state index is 13.2. The second kappa shape index (κ2) is 11.9. The van der Waals surface area contributed by atoms with Gasteiger partial charge < -0.3 is 19.6 Å². The third-order valence-corrected chi connectivity index (χ3v) is 6.70. The molecule has 5 rings (SSSR count). The van der Waals surface area contributed by atoms with Crippen LogP contribution in [0.1, 0.15) is 23.6 Å². The van der Waals surface area contributed by atoms with Gasteiger partial charge in [0.1, 0.15) is 6.04 Å². The second-order valence-electron chi connectivity index (χ2n) is 9.07. The highest BCUT2D eigenvalue weighted by Crippen LogP contribution is 2.22. The van der Waals surface area contributed by atoms with Crippen molar-refractivity contribution in [1.82, 2.24) is 20.3 Å². The van der Waals surface area contributed by atoms with E-state index in [1.807, 2.05) is 85.2 Å². The monoisotopic (exact) mass is 541 g/mol. The number of hydrogen-bond acceptors (Lipinski definition) is 4. The Hall–Kier alpha value is -4.56.